The van der Waals surface area contributed by atoms with Gasteiger partial charge in [0.1, 0.15) is 5.75 Å². The minimum atomic E-state index is 0.908. The van der Waals surface area contributed by atoms with Gasteiger partial charge in [-0.2, -0.15) is 0 Å². The number of rotatable bonds is 3. The van der Waals surface area contributed by atoms with Crippen LogP contribution in [0.4, 0.5) is 0 Å². The van der Waals surface area contributed by atoms with E-state index in [1.807, 2.05) is 12.1 Å². The van der Waals surface area contributed by atoms with E-state index in [9.17, 15) is 0 Å². The molecular formula is C12H11BrOS. The number of methoxy groups -OCH3 is 1. The van der Waals surface area contributed by atoms with E-state index >= 15 is 0 Å². The van der Waals surface area contributed by atoms with Crippen LogP contribution in [0.25, 0.3) is 0 Å². The van der Waals surface area contributed by atoms with Crippen molar-refractivity contribution in [1.29, 1.82) is 0 Å². The second-order valence-electron chi connectivity index (χ2n) is 3.23. The van der Waals surface area contributed by atoms with Crippen LogP contribution < -0.4 is 4.74 Å². The molecule has 1 aromatic heterocycles. The summed E-state index contributed by atoms with van der Waals surface area (Å²) in [5.41, 5.74) is 1.31. The second-order valence-corrected chi connectivity index (χ2v) is 5.78. The lowest BCUT2D eigenvalue weighted by molar-refractivity contribution is 0.414. The van der Waals surface area contributed by atoms with Crippen LogP contribution >= 0.6 is 27.3 Å². The molecule has 1 heterocycles. The summed E-state index contributed by atoms with van der Waals surface area (Å²) in [4.78, 5) is 1.37. The predicted molar refractivity (Wildman–Crippen MR) is 67.8 cm³/mol. The molecule has 1 nitrogen and oxygen atoms in total. The molecule has 0 unspecified atom stereocenters. The molecule has 3 heteroatoms. The van der Waals surface area contributed by atoms with Gasteiger partial charge in [-0.3, -0.25) is 0 Å². The fourth-order valence-electron chi connectivity index (χ4n) is 1.39. The minimum Gasteiger partial charge on any atom is -0.497 e. The van der Waals surface area contributed by atoms with Crippen molar-refractivity contribution >= 4 is 27.3 Å². The molecule has 0 aliphatic carbocycles. The van der Waals surface area contributed by atoms with E-state index in [0.717, 1.165) is 12.2 Å². The van der Waals surface area contributed by atoms with Gasteiger partial charge in [-0.15, -0.1) is 11.3 Å². The van der Waals surface area contributed by atoms with Gasteiger partial charge in [0.15, 0.2) is 0 Å². The molecule has 15 heavy (non-hydrogen) atoms. The quantitative estimate of drug-likeness (QED) is 0.823. The highest BCUT2D eigenvalue weighted by Crippen LogP contribution is 2.24. The van der Waals surface area contributed by atoms with Gasteiger partial charge in [0.25, 0.3) is 0 Å². The Morgan fingerprint density at radius 3 is 2.40 bits per heavy atom. The van der Waals surface area contributed by atoms with E-state index in [-0.39, 0.29) is 0 Å². The molecular weight excluding hydrogens is 272 g/mol. The molecule has 0 fully saturated rings. The third-order valence-corrected chi connectivity index (χ3v) is 3.79. The van der Waals surface area contributed by atoms with Crippen molar-refractivity contribution in [2.24, 2.45) is 0 Å². The molecule has 0 atom stereocenters. The number of halogens is 1. The Morgan fingerprint density at radius 1 is 1.13 bits per heavy atom. The Balaban J connectivity index is 2.11. The first-order valence-corrected chi connectivity index (χ1v) is 6.26. The van der Waals surface area contributed by atoms with Gasteiger partial charge in [-0.05, 0) is 45.8 Å². The lowest BCUT2D eigenvalue weighted by Crippen LogP contribution is -1.86. The number of hydrogen-bond acceptors (Lipinski definition) is 2. The average molecular weight is 283 g/mol. The van der Waals surface area contributed by atoms with E-state index in [0.29, 0.717) is 0 Å². The van der Waals surface area contributed by atoms with Crippen molar-refractivity contribution in [2.75, 3.05) is 7.11 Å². The van der Waals surface area contributed by atoms with Gasteiger partial charge in [-0.1, -0.05) is 12.1 Å². The van der Waals surface area contributed by atoms with Gasteiger partial charge >= 0.3 is 0 Å². The summed E-state index contributed by atoms with van der Waals surface area (Å²) in [7, 11) is 1.69. The molecule has 2 aromatic rings. The van der Waals surface area contributed by atoms with Crippen LogP contribution in [0.3, 0.4) is 0 Å². The second kappa shape index (κ2) is 4.81. The largest absolute Gasteiger partial charge is 0.497 e. The Labute approximate surface area is 102 Å². The summed E-state index contributed by atoms with van der Waals surface area (Å²) < 4.78 is 6.30. The van der Waals surface area contributed by atoms with Crippen molar-refractivity contribution in [2.45, 2.75) is 6.42 Å². The first-order chi connectivity index (χ1) is 7.28. The van der Waals surface area contributed by atoms with Crippen LogP contribution in [-0.2, 0) is 6.42 Å². The van der Waals surface area contributed by atoms with Crippen molar-refractivity contribution in [3.05, 3.63) is 50.6 Å². The van der Waals surface area contributed by atoms with Crippen LogP contribution in [-0.4, -0.2) is 7.11 Å². The highest BCUT2D eigenvalue weighted by molar-refractivity contribution is 9.11. The maximum atomic E-state index is 5.12. The van der Waals surface area contributed by atoms with Crippen molar-refractivity contribution in [3.63, 3.8) is 0 Å². The third kappa shape index (κ3) is 2.83. The molecule has 0 aliphatic heterocycles. The zero-order chi connectivity index (χ0) is 10.7. The van der Waals surface area contributed by atoms with E-state index in [2.05, 4.69) is 40.2 Å². The van der Waals surface area contributed by atoms with Crippen molar-refractivity contribution in [3.8, 4) is 5.75 Å². The molecule has 0 amide bonds. The summed E-state index contributed by atoms with van der Waals surface area (Å²) in [6, 6.07) is 12.4. The minimum absolute atomic E-state index is 0.908. The summed E-state index contributed by atoms with van der Waals surface area (Å²) >= 11 is 5.24. The van der Waals surface area contributed by atoms with E-state index in [1.54, 1.807) is 18.4 Å². The number of hydrogen-bond donors (Lipinski definition) is 0. The zero-order valence-corrected chi connectivity index (χ0v) is 10.8. The Morgan fingerprint density at radius 2 is 1.87 bits per heavy atom. The Kier molecular flexibility index (Phi) is 3.44. The van der Waals surface area contributed by atoms with E-state index in [1.165, 1.54) is 14.2 Å². The third-order valence-electron chi connectivity index (χ3n) is 2.17. The summed E-state index contributed by atoms with van der Waals surface area (Å²) in [6.07, 6.45) is 0.986. The first-order valence-electron chi connectivity index (χ1n) is 4.65. The fraction of sp³-hybridized carbons (Fsp3) is 0.167. The Bertz CT molecular complexity index is 433. The molecule has 0 radical (unpaired) electrons. The summed E-state index contributed by atoms with van der Waals surface area (Å²) in [5, 5.41) is 0. The van der Waals surface area contributed by atoms with Gasteiger partial charge < -0.3 is 4.74 Å². The monoisotopic (exact) mass is 282 g/mol. The molecule has 0 bridgehead atoms. The van der Waals surface area contributed by atoms with Crippen LogP contribution in [0, 0.1) is 0 Å². The lowest BCUT2D eigenvalue weighted by Gasteiger charge is -2.01. The van der Waals surface area contributed by atoms with Crippen molar-refractivity contribution < 1.29 is 4.74 Å². The molecule has 0 saturated heterocycles. The van der Waals surface area contributed by atoms with Crippen LogP contribution in [0.5, 0.6) is 5.75 Å². The van der Waals surface area contributed by atoms with E-state index < -0.39 is 0 Å². The molecule has 0 spiro atoms. The molecule has 2 rings (SSSR count). The normalized spacial score (nSPS) is 10.3. The number of benzene rings is 1. The molecule has 1 aromatic carbocycles. The SMILES string of the molecule is COc1ccc(Cc2ccc(Br)s2)cc1. The number of thiophene rings is 1. The highest BCUT2D eigenvalue weighted by atomic mass is 79.9. The van der Waals surface area contributed by atoms with Crippen molar-refractivity contribution in [1.82, 2.24) is 0 Å². The van der Waals surface area contributed by atoms with Gasteiger partial charge in [0, 0.05) is 11.3 Å². The van der Waals surface area contributed by atoms with Gasteiger partial charge in [0.2, 0.25) is 0 Å². The first kappa shape index (κ1) is 10.7. The standard InChI is InChI=1S/C12H11BrOS/c1-14-10-4-2-9(3-5-10)8-11-6-7-12(13)15-11/h2-7H,8H2,1H3. The van der Waals surface area contributed by atoms with Gasteiger partial charge in [-0.25, -0.2) is 0 Å². The Hall–Kier alpha value is -0.800. The zero-order valence-electron chi connectivity index (χ0n) is 8.37. The lowest BCUT2D eigenvalue weighted by atomic mass is 10.1. The summed E-state index contributed by atoms with van der Waals surface area (Å²) in [6.45, 7) is 0. The highest BCUT2D eigenvalue weighted by Gasteiger charge is 2.00. The maximum Gasteiger partial charge on any atom is 0.118 e. The number of ether oxygens (including phenoxy) is 1. The molecule has 0 aliphatic rings. The summed E-state index contributed by atoms with van der Waals surface area (Å²) in [5.74, 6) is 0.908. The molecule has 78 valence electrons. The maximum absolute atomic E-state index is 5.12. The van der Waals surface area contributed by atoms with Crippen LogP contribution in [0.15, 0.2) is 40.2 Å². The smallest absolute Gasteiger partial charge is 0.118 e. The topological polar surface area (TPSA) is 9.23 Å². The predicted octanol–water partition coefficient (Wildman–Crippen LogP) is 4.11. The van der Waals surface area contributed by atoms with E-state index in [4.69, 9.17) is 4.74 Å². The molecule has 0 saturated carbocycles. The average Bonchev–Trinajstić information content (AvgIpc) is 2.65. The fourth-order valence-corrected chi connectivity index (χ4v) is 2.91. The van der Waals surface area contributed by atoms with Gasteiger partial charge in [0.05, 0.1) is 10.9 Å². The molecule has 0 N–H and O–H groups in total. The van der Waals surface area contributed by atoms with Crippen LogP contribution in [0.2, 0.25) is 0 Å². The van der Waals surface area contributed by atoms with Crippen LogP contribution in [0.1, 0.15) is 10.4 Å².